The van der Waals surface area contributed by atoms with Gasteiger partial charge in [-0.1, -0.05) is 30.3 Å². The number of carbonyl (C=O) groups is 1. The number of aromatic nitrogens is 4. The molecule has 3 aromatic rings. The Bertz CT molecular complexity index is 1030. The van der Waals surface area contributed by atoms with Crippen molar-refractivity contribution in [2.24, 2.45) is 0 Å². The van der Waals surface area contributed by atoms with Gasteiger partial charge in [0.15, 0.2) is 10.8 Å². The Morgan fingerprint density at radius 2 is 1.94 bits per heavy atom. The van der Waals surface area contributed by atoms with Crippen molar-refractivity contribution in [2.75, 3.05) is 30.3 Å². The number of rotatable bonds is 8. The van der Waals surface area contributed by atoms with E-state index in [4.69, 9.17) is 21.6 Å². The summed E-state index contributed by atoms with van der Waals surface area (Å²) < 4.78 is 1.86. The molecule has 0 bridgehead atoms. The minimum Gasteiger partial charge on any atom is -0.356 e. The predicted molar refractivity (Wildman–Crippen MR) is 126 cm³/mol. The first-order valence-electron chi connectivity index (χ1n) is 10.8. The van der Waals surface area contributed by atoms with E-state index in [1.165, 1.54) is 19.3 Å². The Balaban J connectivity index is 1.52. The summed E-state index contributed by atoms with van der Waals surface area (Å²) in [4.78, 5) is 24.4. The molecule has 0 unspecified atom stereocenters. The van der Waals surface area contributed by atoms with E-state index < -0.39 is 0 Å². The van der Waals surface area contributed by atoms with Gasteiger partial charge in [-0.3, -0.25) is 4.79 Å². The highest BCUT2D eigenvalue weighted by Crippen LogP contribution is 2.29. The predicted octanol–water partition coefficient (Wildman–Crippen LogP) is 4.40. The van der Waals surface area contributed by atoms with Gasteiger partial charge in [0.1, 0.15) is 5.82 Å². The van der Waals surface area contributed by atoms with Crippen LogP contribution in [0.4, 0.5) is 5.82 Å². The van der Waals surface area contributed by atoms with E-state index in [1.54, 1.807) is 36.0 Å². The molecule has 4 rings (SSSR count). The van der Waals surface area contributed by atoms with Gasteiger partial charge >= 0.3 is 0 Å². The standard InChI is InChI=1S/C22H27ClN6OS/c1-2-14-31-22-26-19(28-11-4-3-5-12-28)18-15-25-29(20(18)27-22)13-10-24-21(30)16-6-8-17(23)9-7-16/h6-9,15H,2-5,10-14H2,1H3,(H,24,30). The summed E-state index contributed by atoms with van der Waals surface area (Å²) in [6.45, 7) is 5.19. The molecule has 9 heteroatoms. The van der Waals surface area contributed by atoms with Crippen molar-refractivity contribution in [1.29, 1.82) is 0 Å². The molecule has 0 spiro atoms. The zero-order chi connectivity index (χ0) is 21.6. The van der Waals surface area contributed by atoms with Crippen LogP contribution in [0.25, 0.3) is 11.0 Å². The zero-order valence-corrected chi connectivity index (χ0v) is 19.3. The maximum absolute atomic E-state index is 12.4. The maximum Gasteiger partial charge on any atom is 0.251 e. The van der Waals surface area contributed by atoms with Crippen LogP contribution in [-0.2, 0) is 6.54 Å². The molecule has 1 aliphatic rings. The van der Waals surface area contributed by atoms with Crippen molar-refractivity contribution in [3.05, 3.63) is 41.0 Å². The molecule has 31 heavy (non-hydrogen) atoms. The van der Waals surface area contributed by atoms with Gasteiger partial charge in [0, 0.05) is 36.0 Å². The molecule has 1 fully saturated rings. The largest absolute Gasteiger partial charge is 0.356 e. The molecule has 0 saturated carbocycles. The highest BCUT2D eigenvalue weighted by molar-refractivity contribution is 7.99. The molecule has 7 nitrogen and oxygen atoms in total. The summed E-state index contributed by atoms with van der Waals surface area (Å²) in [5.41, 5.74) is 1.41. The Labute approximate surface area is 191 Å². The maximum atomic E-state index is 12.4. The van der Waals surface area contributed by atoms with Gasteiger partial charge in [-0.05, 0) is 49.9 Å². The minimum atomic E-state index is -0.129. The van der Waals surface area contributed by atoms with Crippen molar-refractivity contribution in [1.82, 2.24) is 25.1 Å². The van der Waals surface area contributed by atoms with Crippen LogP contribution < -0.4 is 10.2 Å². The number of amides is 1. The van der Waals surface area contributed by atoms with Crippen LogP contribution in [0.15, 0.2) is 35.6 Å². The monoisotopic (exact) mass is 458 g/mol. The number of carbonyl (C=O) groups excluding carboxylic acids is 1. The van der Waals surface area contributed by atoms with Crippen LogP contribution in [0, 0.1) is 0 Å². The van der Waals surface area contributed by atoms with E-state index in [0.29, 0.717) is 23.7 Å². The SMILES string of the molecule is CCCSc1nc(N2CCCCC2)c2cnn(CCNC(=O)c3ccc(Cl)cc3)c2n1. The summed E-state index contributed by atoms with van der Waals surface area (Å²) in [5, 5.41) is 9.89. The fourth-order valence-corrected chi connectivity index (χ4v) is 4.48. The van der Waals surface area contributed by atoms with Crippen LogP contribution in [0.1, 0.15) is 43.0 Å². The molecular weight excluding hydrogens is 432 g/mol. The number of benzene rings is 1. The van der Waals surface area contributed by atoms with Gasteiger partial charge in [-0.2, -0.15) is 5.10 Å². The van der Waals surface area contributed by atoms with Crippen molar-refractivity contribution in [3.8, 4) is 0 Å². The van der Waals surface area contributed by atoms with Crippen molar-refractivity contribution in [2.45, 2.75) is 44.3 Å². The second kappa shape index (κ2) is 10.3. The Kier molecular flexibility index (Phi) is 7.29. The quantitative estimate of drug-likeness (QED) is 0.398. The van der Waals surface area contributed by atoms with Crippen LogP contribution in [0.5, 0.6) is 0 Å². The third-order valence-corrected chi connectivity index (χ3v) is 6.57. The third kappa shape index (κ3) is 5.30. The first-order valence-corrected chi connectivity index (χ1v) is 12.2. The summed E-state index contributed by atoms with van der Waals surface area (Å²) in [6, 6.07) is 6.87. The normalized spacial score (nSPS) is 14.2. The summed E-state index contributed by atoms with van der Waals surface area (Å²) in [6.07, 6.45) is 6.58. The van der Waals surface area contributed by atoms with E-state index in [2.05, 4.69) is 22.2 Å². The highest BCUT2D eigenvalue weighted by Gasteiger charge is 2.20. The molecule has 164 valence electrons. The number of nitrogens with one attached hydrogen (secondary N) is 1. The molecule has 1 aromatic carbocycles. The van der Waals surface area contributed by atoms with Gasteiger partial charge in [0.05, 0.1) is 18.1 Å². The first kappa shape index (κ1) is 21.9. The molecule has 3 heterocycles. The number of piperidine rings is 1. The zero-order valence-electron chi connectivity index (χ0n) is 17.7. The lowest BCUT2D eigenvalue weighted by Gasteiger charge is -2.28. The highest BCUT2D eigenvalue weighted by atomic mass is 35.5. The molecule has 0 aliphatic carbocycles. The van der Waals surface area contributed by atoms with Gasteiger partial charge in [-0.25, -0.2) is 14.6 Å². The summed E-state index contributed by atoms with van der Waals surface area (Å²) in [5.74, 6) is 1.84. The lowest BCUT2D eigenvalue weighted by atomic mass is 10.1. The van der Waals surface area contributed by atoms with Crippen LogP contribution >= 0.6 is 23.4 Å². The van der Waals surface area contributed by atoms with Crippen LogP contribution in [0.3, 0.4) is 0 Å². The van der Waals surface area contributed by atoms with Crippen molar-refractivity contribution in [3.63, 3.8) is 0 Å². The van der Waals surface area contributed by atoms with Crippen LogP contribution in [-0.4, -0.2) is 51.0 Å². The number of halogens is 1. The second-order valence-corrected chi connectivity index (χ2v) is 9.09. The van der Waals surface area contributed by atoms with Gasteiger partial charge in [-0.15, -0.1) is 0 Å². The number of hydrogen-bond donors (Lipinski definition) is 1. The average Bonchev–Trinajstić information content (AvgIpc) is 3.21. The van der Waals surface area contributed by atoms with Gasteiger partial charge in [0.25, 0.3) is 5.91 Å². The minimum absolute atomic E-state index is 0.129. The molecule has 1 aliphatic heterocycles. The van der Waals surface area contributed by atoms with E-state index in [9.17, 15) is 4.79 Å². The van der Waals surface area contributed by atoms with E-state index >= 15 is 0 Å². The second-order valence-electron chi connectivity index (χ2n) is 7.59. The van der Waals surface area contributed by atoms with E-state index in [0.717, 1.165) is 47.3 Å². The van der Waals surface area contributed by atoms with Crippen molar-refractivity contribution >= 4 is 46.1 Å². The van der Waals surface area contributed by atoms with Gasteiger partial charge in [0.2, 0.25) is 0 Å². The Morgan fingerprint density at radius 3 is 2.68 bits per heavy atom. The number of hydrogen-bond acceptors (Lipinski definition) is 6. The molecule has 1 saturated heterocycles. The van der Waals surface area contributed by atoms with E-state index in [1.807, 2.05) is 10.9 Å². The number of fused-ring (bicyclic) bond motifs is 1. The first-order chi connectivity index (χ1) is 15.2. The molecule has 0 radical (unpaired) electrons. The summed E-state index contributed by atoms with van der Waals surface area (Å²) in [7, 11) is 0. The molecule has 2 aromatic heterocycles. The Morgan fingerprint density at radius 1 is 1.16 bits per heavy atom. The lowest BCUT2D eigenvalue weighted by Crippen LogP contribution is -2.30. The van der Waals surface area contributed by atoms with E-state index in [-0.39, 0.29) is 5.91 Å². The summed E-state index contributed by atoms with van der Waals surface area (Å²) >= 11 is 7.58. The number of nitrogens with zero attached hydrogens (tertiary/aromatic N) is 5. The third-order valence-electron chi connectivity index (χ3n) is 5.26. The fourth-order valence-electron chi connectivity index (χ4n) is 3.67. The fraction of sp³-hybridized carbons (Fsp3) is 0.455. The molecule has 0 atom stereocenters. The molecular formula is C22H27ClN6OS. The number of anilines is 1. The number of thioether (sulfide) groups is 1. The van der Waals surface area contributed by atoms with Crippen LogP contribution in [0.2, 0.25) is 5.02 Å². The lowest BCUT2D eigenvalue weighted by molar-refractivity contribution is 0.0952. The molecule has 1 amide bonds. The topological polar surface area (TPSA) is 75.9 Å². The van der Waals surface area contributed by atoms with Gasteiger partial charge < -0.3 is 10.2 Å². The molecule has 1 N–H and O–H groups in total. The smallest absolute Gasteiger partial charge is 0.251 e. The Hall–Kier alpha value is -2.32. The average molecular weight is 459 g/mol. The van der Waals surface area contributed by atoms with Crippen molar-refractivity contribution < 1.29 is 4.79 Å².